The van der Waals surface area contributed by atoms with E-state index in [1.54, 1.807) is 6.92 Å². The van der Waals surface area contributed by atoms with E-state index in [-0.39, 0.29) is 30.1 Å². The van der Waals surface area contributed by atoms with Crippen LogP contribution in [0, 0.1) is 30.4 Å². The molecule has 1 heterocycles. The Morgan fingerprint density at radius 3 is 2.41 bits per heavy atom. The highest BCUT2D eigenvalue weighted by molar-refractivity contribution is 7.15. The zero-order valence-corrected chi connectivity index (χ0v) is 21.5. The van der Waals surface area contributed by atoms with Crippen LogP contribution >= 0.6 is 11.3 Å². The number of hydrogen-bond acceptors (Lipinski definition) is 7. The molecule has 0 saturated heterocycles. The Labute approximate surface area is 218 Å². The van der Waals surface area contributed by atoms with Crippen molar-refractivity contribution in [3.8, 4) is 0 Å². The first-order chi connectivity index (χ1) is 17.6. The number of aryl methyl sites for hydroxylation is 2. The summed E-state index contributed by atoms with van der Waals surface area (Å²) >= 11 is 1.17. The molecule has 0 fully saturated rings. The minimum Gasteiger partial charge on any atom is -0.391 e. The fraction of sp³-hybridized carbons (Fsp3) is 0.385. The summed E-state index contributed by atoms with van der Waals surface area (Å²) in [6.45, 7) is 4.32. The van der Waals surface area contributed by atoms with Gasteiger partial charge >= 0.3 is 0 Å². The average molecular weight is 532 g/mol. The molecule has 0 aliphatic rings. The lowest BCUT2D eigenvalue weighted by atomic mass is 9.80. The molecule has 5 N–H and O–H groups in total. The van der Waals surface area contributed by atoms with Crippen molar-refractivity contribution in [2.75, 3.05) is 11.9 Å². The van der Waals surface area contributed by atoms with Gasteiger partial charge in [0.15, 0.2) is 0 Å². The van der Waals surface area contributed by atoms with Gasteiger partial charge < -0.3 is 21.5 Å². The molecule has 0 aliphatic heterocycles. The van der Waals surface area contributed by atoms with Crippen molar-refractivity contribution in [2.24, 2.45) is 17.6 Å². The van der Waals surface area contributed by atoms with Gasteiger partial charge in [0.2, 0.25) is 16.9 Å². The molecule has 1 unspecified atom stereocenters. The molecule has 3 atom stereocenters. The molecule has 198 valence electrons. The van der Waals surface area contributed by atoms with Crippen LogP contribution in [-0.4, -0.2) is 39.8 Å². The Bertz CT molecular complexity index is 1200. The number of aromatic nitrogens is 2. The van der Waals surface area contributed by atoms with Crippen LogP contribution < -0.4 is 16.4 Å². The topological polar surface area (TPSA) is 130 Å². The van der Waals surface area contributed by atoms with Crippen LogP contribution in [0.3, 0.4) is 0 Å². The summed E-state index contributed by atoms with van der Waals surface area (Å²) < 4.78 is 27.7. The zero-order chi connectivity index (χ0) is 26.9. The molecule has 1 aromatic heterocycles. The van der Waals surface area contributed by atoms with Gasteiger partial charge in [0.1, 0.15) is 16.6 Å². The lowest BCUT2D eigenvalue weighted by Gasteiger charge is -2.29. The first-order valence-corrected chi connectivity index (χ1v) is 12.8. The zero-order valence-electron chi connectivity index (χ0n) is 20.7. The summed E-state index contributed by atoms with van der Waals surface area (Å²) in [6.07, 6.45) is -0.662. The van der Waals surface area contributed by atoms with Gasteiger partial charge in [0.25, 0.3) is 0 Å². The number of benzene rings is 2. The molecular weight excluding hydrogens is 500 g/mol. The largest absolute Gasteiger partial charge is 0.391 e. The second-order valence-electron chi connectivity index (χ2n) is 8.90. The molecule has 3 rings (SSSR count). The van der Waals surface area contributed by atoms with Crippen LogP contribution in [0.2, 0.25) is 0 Å². The van der Waals surface area contributed by atoms with E-state index in [1.807, 2.05) is 18.2 Å². The van der Waals surface area contributed by atoms with Crippen molar-refractivity contribution in [2.45, 2.75) is 45.8 Å². The molecule has 2 amide bonds. The maximum atomic E-state index is 13.9. The number of nitrogens with two attached hydrogens (primary N) is 1. The fourth-order valence-corrected chi connectivity index (χ4v) is 4.81. The third kappa shape index (κ3) is 8.66. The molecule has 0 saturated carbocycles. The molecule has 11 heteroatoms. The van der Waals surface area contributed by atoms with Gasteiger partial charge in [-0.3, -0.25) is 9.59 Å². The van der Waals surface area contributed by atoms with Gasteiger partial charge in [-0.15, -0.1) is 10.2 Å². The molecular formula is C26H31F2N5O3S. The van der Waals surface area contributed by atoms with Crippen molar-refractivity contribution in [3.05, 3.63) is 75.8 Å². The Morgan fingerprint density at radius 2 is 1.78 bits per heavy atom. The van der Waals surface area contributed by atoms with Crippen molar-refractivity contribution < 1.29 is 23.5 Å². The van der Waals surface area contributed by atoms with Crippen LogP contribution in [0.4, 0.5) is 13.9 Å². The number of primary amides is 1. The van der Waals surface area contributed by atoms with Gasteiger partial charge in [-0.05, 0) is 48.6 Å². The van der Waals surface area contributed by atoms with Gasteiger partial charge in [-0.1, -0.05) is 42.5 Å². The molecule has 3 aromatic rings. The molecule has 2 aromatic carbocycles. The Balaban J connectivity index is 1.77. The highest BCUT2D eigenvalue weighted by Gasteiger charge is 2.34. The summed E-state index contributed by atoms with van der Waals surface area (Å²) in [7, 11) is 0. The Morgan fingerprint density at radius 1 is 1.08 bits per heavy atom. The number of anilines is 1. The van der Waals surface area contributed by atoms with E-state index in [4.69, 9.17) is 5.73 Å². The number of amides is 2. The number of hydrogen-bond donors (Lipinski definition) is 4. The van der Waals surface area contributed by atoms with Gasteiger partial charge in [-0.2, -0.15) is 0 Å². The van der Waals surface area contributed by atoms with Crippen LogP contribution in [-0.2, 0) is 29.0 Å². The van der Waals surface area contributed by atoms with Crippen molar-refractivity contribution in [1.82, 2.24) is 15.5 Å². The SMILES string of the molecule is CCc1cccc(CNC[C@H](O)[C@@H](Cc2cc(F)cc(F)c2)C(CC(=O)Nc2nnc(C)s2)C(N)=O)c1. The van der Waals surface area contributed by atoms with E-state index in [2.05, 4.69) is 33.8 Å². The quantitative estimate of drug-likeness (QED) is 0.268. The number of aliphatic hydroxyl groups is 1. The van der Waals surface area contributed by atoms with Crippen LogP contribution in [0.5, 0.6) is 0 Å². The summed E-state index contributed by atoms with van der Waals surface area (Å²) in [5, 5.41) is 25.4. The van der Waals surface area contributed by atoms with Crippen molar-refractivity contribution in [1.29, 1.82) is 0 Å². The molecule has 8 nitrogen and oxygen atoms in total. The van der Waals surface area contributed by atoms with Gasteiger partial charge in [0.05, 0.1) is 12.0 Å². The number of carbonyl (C=O) groups excluding carboxylic acids is 2. The third-order valence-corrected chi connectivity index (χ3v) is 6.78. The Hall–Kier alpha value is -3.28. The highest BCUT2D eigenvalue weighted by atomic mass is 32.1. The lowest BCUT2D eigenvalue weighted by Crippen LogP contribution is -2.43. The minimum absolute atomic E-state index is 0.0678. The highest BCUT2D eigenvalue weighted by Crippen LogP contribution is 2.26. The number of carbonyl (C=O) groups is 2. The standard InChI is InChI=1S/C26H31F2N5O3S/c1-3-16-5-4-6-17(7-16)13-30-14-23(34)21(10-18-8-19(27)11-20(28)9-18)22(25(29)36)12-24(35)31-26-33-32-15(2)37-26/h4-9,11,21-23,30,34H,3,10,12-14H2,1-2H3,(H2,29,36)(H,31,33,35)/t21-,22?,23-/m0/s1. The van der Waals surface area contributed by atoms with Crippen molar-refractivity contribution >= 4 is 28.3 Å². The van der Waals surface area contributed by atoms with Crippen LogP contribution in [0.15, 0.2) is 42.5 Å². The van der Waals surface area contributed by atoms with Crippen LogP contribution in [0.25, 0.3) is 0 Å². The summed E-state index contributed by atoms with van der Waals surface area (Å²) in [5.74, 6) is -4.91. The van der Waals surface area contributed by atoms with Gasteiger partial charge in [0, 0.05) is 31.5 Å². The smallest absolute Gasteiger partial charge is 0.227 e. The molecule has 0 radical (unpaired) electrons. The maximum Gasteiger partial charge on any atom is 0.227 e. The summed E-state index contributed by atoms with van der Waals surface area (Å²) in [4.78, 5) is 25.2. The fourth-order valence-electron chi connectivity index (χ4n) is 4.20. The summed E-state index contributed by atoms with van der Waals surface area (Å²) in [6, 6.07) is 11.0. The first kappa shape index (κ1) is 28.3. The van der Waals surface area contributed by atoms with E-state index < -0.39 is 41.4 Å². The molecule has 0 spiro atoms. The van der Waals surface area contributed by atoms with E-state index in [0.717, 1.165) is 30.2 Å². The second kappa shape index (κ2) is 13.3. The number of rotatable bonds is 13. The lowest BCUT2D eigenvalue weighted by molar-refractivity contribution is -0.129. The Kier molecular flexibility index (Phi) is 10.2. The number of nitrogens with zero attached hydrogens (tertiary/aromatic N) is 2. The predicted molar refractivity (Wildman–Crippen MR) is 138 cm³/mol. The molecule has 0 aliphatic carbocycles. The predicted octanol–water partition coefficient (Wildman–Crippen LogP) is 3.13. The van der Waals surface area contributed by atoms with Crippen LogP contribution in [0.1, 0.15) is 35.0 Å². The number of halogens is 2. The van der Waals surface area contributed by atoms with E-state index in [0.29, 0.717) is 11.6 Å². The number of nitrogens with one attached hydrogen (secondary N) is 2. The van der Waals surface area contributed by atoms with E-state index >= 15 is 0 Å². The maximum absolute atomic E-state index is 13.9. The molecule has 37 heavy (non-hydrogen) atoms. The van der Waals surface area contributed by atoms with Crippen molar-refractivity contribution in [3.63, 3.8) is 0 Å². The minimum atomic E-state index is -1.14. The van der Waals surface area contributed by atoms with E-state index in [9.17, 15) is 23.5 Å². The number of aliphatic hydroxyl groups excluding tert-OH is 1. The monoisotopic (exact) mass is 531 g/mol. The third-order valence-electron chi connectivity index (χ3n) is 6.03. The summed E-state index contributed by atoms with van der Waals surface area (Å²) in [5.41, 5.74) is 8.10. The van der Waals surface area contributed by atoms with Gasteiger partial charge in [-0.25, -0.2) is 8.78 Å². The van der Waals surface area contributed by atoms with E-state index in [1.165, 1.54) is 16.9 Å². The normalized spacial score (nSPS) is 13.6. The average Bonchev–Trinajstić information content (AvgIpc) is 3.24. The molecule has 0 bridgehead atoms. The first-order valence-electron chi connectivity index (χ1n) is 12.0. The second-order valence-corrected chi connectivity index (χ2v) is 10.1.